The molecule has 7 nitrogen and oxygen atoms in total. The minimum absolute atomic E-state index is 0.0730. The quantitative estimate of drug-likeness (QED) is 0.139. The SMILES string of the molecule is O=C(CN(c1ccc(I)cc1)S(=O)(=O)c1ccccc1)N/N=C\c1ccc(-c2ccc(Cl)cc2Cl)o1. The predicted molar refractivity (Wildman–Crippen MR) is 150 cm³/mol. The van der Waals surface area contributed by atoms with Crippen LogP contribution in [0.2, 0.25) is 10.0 Å². The molecule has 0 aliphatic carbocycles. The first-order valence-corrected chi connectivity index (χ1v) is 13.7. The van der Waals surface area contributed by atoms with Crippen molar-refractivity contribution in [1.29, 1.82) is 0 Å². The standard InChI is InChI=1S/C25H18Cl2IN3O4S/c26-17-6-12-22(23(27)14-17)24-13-11-20(35-24)15-29-30-25(32)16-31(19-9-7-18(28)8-10-19)36(33,34)21-4-2-1-3-5-21/h1-15H,16H2,(H,30,32)/b29-15-. The third-order valence-corrected chi connectivity index (χ3v) is 7.99. The highest BCUT2D eigenvalue weighted by Crippen LogP contribution is 2.31. The van der Waals surface area contributed by atoms with Gasteiger partial charge < -0.3 is 4.42 Å². The van der Waals surface area contributed by atoms with Gasteiger partial charge in [0, 0.05) is 14.2 Å². The van der Waals surface area contributed by atoms with Crippen molar-refractivity contribution in [3.8, 4) is 11.3 Å². The summed E-state index contributed by atoms with van der Waals surface area (Å²) in [6.07, 6.45) is 1.31. The topological polar surface area (TPSA) is 92.0 Å². The maximum absolute atomic E-state index is 13.3. The van der Waals surface area contributed by atoms with Gasteiger partial charge in [0.15, 0.2) is 0 Å². The van der Waals surface area contributed by atoms with Crippen molar-refractivity contribution in [3.05, 3.63) is 104 Å². The Kier molecular flexibility index (Phi) is 8.35. The van der Waals surface area contributed by atoms with Crippen LogP contribution >= 0.6 is 45.8 Å². The van der Waals surface area contributed by atoms with Crippen LogP contribution in [-0.2, 0) is 14.8 Å². The highest BCUT2D eigenvalue weighted by molar-refractivity contribution is 14.1. The number of carbonyl (C=O) groups is 1. The lowest BCUT2D eigenvalue weighted by molar-refractivity contribution is -0.119. The van der Waals surface area contributed by atoms with Gasteiger partial charge in [0.2, 0.25) is 0 Å². The molecular weight excluding hydrogens is 636 g/mol. The fourth-order valence-corrected chi connectivity index (χ4v) is 5.54. The normalized spacial score (nSPS) is 11.5. The summed E-state index contributed by atoms with van der Waals surface area (Å²) in [6, 6.07) is 23.2. The zero-order chi connectivity index (χ0) is 25.7. The zero-order valence-electron chi connectivity index (χ0n) is 18.4. The molecule has 184 valence electrons. The molecule has 0 saturated heterocycles. The van der Waals surface area contributed by atoms with E-state index in [4.69, 9.17) is 27.6 Å². The summed E-state index contributed by atoms with van der Waals surface area (Å²) in [6.45, 7) is -0.473. The van der Waals surface area contributed by atoms with Crippen LogP contribution in [-0.4, -0.2) is 27.1 Å². The average molecular weight is 654 g/mol. The van der Waals surface area contributed by atoms with E-state index in [1.165, 1.54) is 18.3 Å². The fourth-order valence-electron chi connectivity index (χ4n) is 3.23. The number of carbonyl (C=O) groups excluding carboxylic acids is 1. The molecule has 0 bridgehead atoms. The second kappa shape index (κ2) is 11.5. The molecule has 0 radical (unpaired) electrons. The molecule has 1 amide bonds. The number of benzene rings is 3. The number of nitrogens with one attached hydrogen (secondary N) is 1. The second-order valence-electron chi connectivity index (χ2n) is 7.42. The van der Waals surface area contributed by atoms with E-state index >= 15 is 0 Å². The van der Waals surface area contributed by atoms with Crippen LogP contribution < -0.4 is 9.73 Å². The molecule has 0 unspecified atom stereocenters. The van der Waals surface area contributed by atoms with E-state index in [-0.39, 0.29) is 4.90 Å². The maximum atomic E-state index is 13.3. The summed E-state index contributed by atoms with van der Waals surface area (Å²) < 4.78 is 34.3. The molecule has 0 atom stereocenters. The molecule has 36 heavy (non-hydrogen) atoms. The fraction of sp³-hybridized carbons (Fsp3) is 0.0400. The Morgan fingerprint density at radius 2 is 1.72 bits per heavy atom. The van der Waals surface area contributed by atoms with Crippen LogP contribution in [0.4, 0.5) is 5.69 Å². The number of rotatable bonds is 8. The number of nitrogens with zero attached hydrogens (tertiary/aromatic N) is 2. The number of halogens is 3. The van der Waals surface area contributed by atoms with Crippen molar-refractivity contribution in [3.63, 3.8) is 0 Å². The summed E-state index contributed by atoms with van der Waals surface area (Å²) in [5.41, 5.74) is 3.37. The molecule has 4 aromatic rings. The molecule has 3 aromatic carbocycles. The first kappa shape index (κ1) is 26.2. The molecule has 1 heterocycles. The smallest absolute Gasteiger partial charge is 0.264 e. The van der Waals surface area contributed by atoms with Gasteiger partial charge in [0.1, 0.15) is 18.1 Å². The number of anilines is 1. The van der Waals surface area contributed by atoms with Gasteiger partial charge in [0.05, 0.1) is 21.8 Å². The summed E-state index contributed by atoms with van der Waals surface area (Å²) in [5, 5.41) is 4.85. The van der Waals surface area contributed by atoms with Crippen LogP contribution in [0.15, 0.2) is 99.3 Å². The number of hydrazone groups is 1. The molecule has 1 aromatic heterocycles. The summed E-state index contributed by atoms with van der Waals surface area (Å²) in [5.74, 6) is 0.239. The third kappa shape index (κ3) is 6.28. The second-order valence-corrected chi connectivity index (χ2v) is 11.4. The van der Waals surface area contributed by atoms with Gasteiger partial charge in [-0.2, -0.15) is 5.10 Å². The van der Waals surface area contributed by atoms with Crippen LogP contribution in [0, 0.1) is 3.57 Å². The summed E-state index contributed by atoms with van der Waals surface area (Å²) >= 11 is 14.3. The Hall–Kier alpha value is -2.86. The van der Waals surface area contributed by atoms with E-state index in [9.17, 15) is 13.2 Å². The van der Waals surface area contributed by atoms with Crippen molar-refractivity contribution in [2.75, 3.05) is 10.8 Å². The summed E-state index contributed by atoms with van der Waals surface area (Å²) in [7, 11) is -4.00. The van der Waals surface area contributed by atoms with Crippen LogP contribution in [0.1, 0.15) is 5.76 Å². The van der Waals surface area contributed by atoms with Gasteiger partial charge >= 0.3 is 0 Å². The van der Waals surface area contributed by atoms with Crippen molar-refractivity contribution >= 4 is 73.6 Å². The lowest BCUT2D eigenvalue weighted by atomic mass is 10.2. The molecule has 1 N–H and O–H groups in total. The van der Waals surface area contributed by atoms with Gasteiger partial charge in [-0.1, -0.05) is 41.4 Å². The average Bonchev–Trinajstić information content (AvgIpc) is 3.32. The lowest BCUT2D eigenvalue weighted by Gasteiger charge is -2.23. The largest absolute Gasteiger partial charge is 0.455 e. The molecule has 0 fully saturated rings. The van der Waals surface area contributed by atoms with Gasteiger partial charge in [-0.15, -0.1) is 0 Å². The zero-order valence-corrected chi connectivity index (χ0v) is 22.9. The maximum Gasteiger partial charge on any atom is 0.264 e. The molecular formula is C25H18Cl2IN3O4S. The van der Waals surface area contributed by atoms with Crippen molar-refractivity contribution in [2.24, 2.45) is 5.10 Å². The minimum Gasteiger partial charge on any atom is -0.455 e. The van der Waals surface area contributed by atoms with Gasteiger partial charge in [-0.05, 0) is 89.3 Å². The van der Waals surface area contributed by atoms with Gasteiger partial charge in [-0.3, -0.25) is 9.10 Å². The molecule has 0 saturated carbocycles. The van der Waals surface area contributed by atoms with E-state index in [0.717, 1.165) is 7.88 Å². The number of furan rings is 1. The third-order valence-electron chi connectivity index (χ3n) is 4.94. The minimum atomic E-state index is -4.00. The first-order valence-electron chi connectivity index (χ1n) is 10.4. The van der Waals surface area contributed by atoms with Crippen molar-refractivity contribution < 1.29 is 17.6 Å². The molecule has 4 rings (SSSR count). The van der Waals surface area contributed by atoms with Gasteiger partial charge in [0.25, 0.3) is 15.9 Å². The van der Waals surface area contributed by atoms with E-state index in [2.05, 4.69) is 33.1 Å². The van der Waals surface area contributed by atoms with Gasteiger partial charge in [-0.25, -0.2) is 13.8 Å². The molecule has 0 aliphatic rings. The predicted octanol–water partition coefficient (Wildman–Crippen LogP) is 6.20. The van der Waals surface area contributed by atoms with Crippen molar-refractivity contribution in [2.45, 2.75) is 4.90 Å². The first-order chi connectivity index (χ1) is 17.2. The Morgan fingerprint density at radius 3 is 2.42 bits per heavy atom. The Balaban J connectivity index is 1.49. The highest BCUT2D eigenvalue weighted by atomic mass is 127. The number of hydrogen-bond donors (Lipinski definition) is 1. The number of amides is 1. The Labute approximate surface area is 231 Å². The lowest BCUT2D eigenvalue weighted by Crippen LogP contribution is -2.39. The monoisotopic (exact) mass is 653 g/mol. The summed E-state index contributed by atoms with van der Waals surface area (Å²) in [4.78, 5) is 12.7. The molecule has 11 heteroatoms. The van der Waals surface area contributed by atoms with E-state index < -0.39 is 22.5 Å². The van der Waals surface area contributed by atoms with E-state index in [1.54, 1.807) is 72.8 Å². The van der Waals surface area contributed by atoms with Crippen LogP contribution in [0.25, 0.3) is 11.3 Å². The van der Waals surface area contributed by atoms with Crippen LogP contribution in [0.5, 0.6) is 0 Å². The Bertz CT molecular complexity index is 1510. The van der Waals surface area contributed by atoms with Crippen molar-refractivity contribution in [1.82, 2.24) is 5.43 Å². The highest BCUT2D eigenvalue weighted by Gasteiger charge is 2.27. The molecule has 0 spiro atoms. The van der Waals surface area contributed by atoms with Crippen LogP contribution in [0.3, 0.4) is 0 Å². The Morgan fingerprint density at radius 1 is 1.00 bits per heavy atom. The molecule has 0 aliphatic heterocycles. The number of sulfonamides is 1. The van der Waals surface area contributed by atoms with E-state index in [1.807, 2.05) is 0 Å². The van der Waals surface area contributed by atoms with E-state index in [0.29, 0.717) is 32.8 Å². The number of hydrogen-bond acceptors (Lipinski definition) is 5.